The number of aromatic amines is 1. The van der Waals surface area contributed by atoms with Crippen LogP contribution in [0.1, 0.15) is 29.9 Å². The van der Waals surface area contributed by atoms with Crippen LogP contribution in [0.15, 0.2) is 17.1 Å². The van der Waals surface area contributed by atoms with E-state index < -0.39 is 0 Å². The fraction of sp³-hybridized carbons (Fsp3) is 0.500. The molecule has 0 aliphatic carbocycles. The van der Waals surface area contributed by atoms with Gasteiger partial charge in [-0.2, -0.15) is 0 Å². The Labute approximate surface area is 101 Å². The fourth-order valence-corrected chi connectivity index (χ4v) is 1.38. The van der Waals surface area contributed by atoms with Crippen molar-refractivity contribution in [2.75, 3.05) is 13.1 Å². The highest BCUT2D eigenvalue weighted by atomic mass is 16.2. The number of nitrogens with one attached hydrogen (secondary N) is 3. The summed E-state index contributed by atoms with van der Waals surface area (Å²) in [6.45, 7) is 7.03. The Bertz CT molecular complexity index is 438. The van der Waals surface area contributed by atoms with Gasteiger partial charge in [-0.05, 0) is 6.92 Å². The Kier molecular flexibility index (Phi) is 4.90. The Balaban J connectivity index is 2.50. The van der Waals surface area contributed by atoms with Gasteiger partial charge in [-0.1, -0.05) is 13.8 Å². The molecule has 17 heavy (non-hydrogen) atoms. The van der Waals surface area contributed by atoms with Gasteiger partial charge in [0.2, 0.25) is 0 Å². The molecule has 0 atom stereocenters. The van der Waals surface area contributed by atoms with Crippen LogP contribution in [0.2, 0.25) is 0 Å². The third kappa shape index (κ3) is 4.40. The monoisotopic (exact) mass is 237 g/mol. The fourth-order valence-electron chi connectivity index (χ4n) is 1.38. The first-order valence-corrected chi connectivity index (χ1v) is 5.71. The number of aryl methyl sites for hydroxylation is 1. The highest BCUT2D eigenvalue weighted by molar-refractivity contribution is 5.93. The quantitative estimate of drug-likeness (QED) is 0.649. The minimum absolute atomic E-state index is 0.153. The molecular formula is C12H19N3O2. The van der Waals surface area contributed by atoms with E-state index in [2.05, 4.69) is 15.6 Å². The minimum atomic E-state index is -0.336. The van der Waals surface area contributed by atoms with Gasteiger partial charge < -0.3 is 15.6 Å². The van der Waals surface area contributed by atoms with Crippen LogP contribution in [0.5, 0.6) is 0 Å². The standard InChI is InChI=1S/C12H19N3O2/c1-8(2)13-4-5-14-12(17)10-7-15-9(3)6-11(10)16/h6-8,13H,4-5H2,1-3H3,(H,14,17)(H,15,16). The van der Waals surface area contributed by atoms with Gasteiger partial charge in [0, 0.05) is 37.1 Å². The molecule has 3 N–H and O–H groups in total. The summed E-state index contributed by atoms with van der Waals surface area (Å²) in [5.41, 5.74) is 0.642. The Morgan fingerprint density at radius 2 is 2.12 bits per heavy atom. The summed E-state index contributed by atoms with van der Waals surface area (Å²) in [5.74, 6) is -0.336. The summed E-state index contributed by atoms with van der Waals surface area (Å²) in [5, 5.41) is 5.87. The summed E-state index contributed by atoms with van der Waals surface area (Å²) in [7, 11) is 0. The zero-order valence-corrected chi connectivity index (χ0v) is 10.5. The summed E-state index contributed by atoms with van der Waals surface area (Å²) >= 11 is 0. The number of hydrogen-bond acceptors (Lipinski definition) is 3. The zero-order chi connectivity index (χ0) is 12.8. The van der Waals surface area contributed by atoms with E-state index >= 15 is 0 Å². The highest BCUT2D eigenvalue weighted by Gasteiger charge is 2.09. The molecule has 1 heterocycles. The Morgan fingerprint density at radius 1 is 1.41 bits per heavy atom. The van der Waals surface area contributed by atoms with E-state index in [1.165, 1.54) is 12.3 Å². The van der Waals surface area contributed by atoms with E-state index in [0.717, 1.165) is 5.69 Å². The summed E-state index contributed by atoms with van der Waals surface area (Å²) in [6.07, 6.45) is 1.45. The lowest BCUT2D eigenvalue weighted by Crippen LogP contribution is -2.36. The summed E-state index contributed by atoms with van der Waals surface area (Å²) in [4.78, 5) is 26.0. The molecule has 0 radical (unpaired) electrons. The molecular weight excluding hydrogens is 218 g/mol. The molecule has 0 aliphatic rings. The van der Waals surface area contributed by atoms with Crippen molar-refractivity contribution in [3.63, 3.8) is 0 Å². The molecule has 0 spiro atoms. The van der Waals surface area contributed by atoms with E-state index in [-0.39, 0.29) is 16.9 Å². The molecule has 1 aromatic heterocycles. The molecule has 1 amide bonds. The maximum absolute atomic E-state index is 11.7. The van der Waals surface area contributed by atoms with Crippen LogP contribution in [0.25, 0.3) is 0 Å². The van der Waals surface area contributed by atoms with E-state index in [4.69, 9.17) is 0 Å². The van der Waals surface area contributed by atoms with Gasteiger partial charge in [0.1, 0.15) is 5.56 Å². The van der Waals surface area contributed by atoms with Crippen LogP contribution in [0, 0.1) is 6.92 Å². The van der Waals surface area contributed by atoms with Crippen molar-refractivity contribution in [1.29, 1.82) is 0 Å². The van der Waals surface area contributed by atoms with Crippen LogP contribution in [0.4, 0.5) is 0 Å². The normalized spacial score (nSPS) is 10.6. The van der Waals surface area contributed by atoms with Gasteiger partial charge in [-0.25, -0.2) is 0 Å². The molecule has 0 saturated carbocycles. The third-order valence-corrected chi connectivity index (χ3v) is 2.27. The summed E-state index contributed by atoms with van der Waals surface area (Å²) in [6, 6.07) is 1.80. The third-order valence-electron chi connectivity index (χ3n) is 2.27. The maximum atomic E-state index is 11.7. The van der Waals surface area contributed by atoms with E-state index in [1.807, 2.05) is 13.8 Å². The van der Waals surface area contributed by atoms with Crippen molar-refractivity contribution in [1.82, 2.24) is 15.6 Å². The van der Waals surface area contributed by atoms with Crippen molar-refractivity contribution >= 4 is 5.91 Å². The summed E-state index contributed by atoms with van der Waals surface area (Å²) < 4.78 is 0. The number of carbonyl (C=O) groups excluding carboxylic acids is 1. The maximum Gasteiger partial charge on any atom is 0.256 e. The van der Waals surface area contributed by atoms with Crippen LogP contribution in [-0.2, 0) is 0 Å². The molecule has 0 unspecified atom stereocenters. The number of carbonyl (C=O) groups is 1. The first-order chi connectivity index (χ1) is 8.00. The molecule has 1 aromatic rings. The molecule has 0 aromatic carbocycles. The second-order valence-electron chi connectivity index (χ2n) is 4.26. The van der Waals surface area contributed by atoms with Crippen molar-refractivity contribution < 1.29 is 4.79 Å². The lowest BCUT2D eigenvalue weighted by molar-refractivity contribution is 0.0952. The average Bonchev–Trinajstić information content (AvgIpc) is 2.23. The number of aromatic nitrogens is 1. The van der Waals surface area contributed by atoms with Crippen LogP contribution >= 0.6 is 0 Å². The molecule has 0 fully saturated rings. The first-order valence-electron chi connectivity index (χ1n) is 5.71. The number of hydrogen-bond donors (Lipinski definition) is 3. The van der Waals surface area contributed by atoms with E-state index in [9.17, 15) is 9.59 Å². The first kappa shape index (κ1) is 13.4. The molecule has 0 aliphatic heterocycles. The second-order valence-corrected chi connectivity index (χ2v) is 4.26. The molecule has 5 heteroatoms. The van der Waals surface area contributed by atoms with Gasteiger partial charge in [0.25, 0.3) is 5.91 Å². The van der Waals surface area contributed by atoms with Crippen molar-refractivity contribution in [2.24, 2.45) is 0 Å². The zero-order valence-electron chi connectivity index (χ0n) is 10.5. The molecule has 1 rings (SSSR count). The minimum Gasteiger partial charge on any atom is -0.364 e. The SMILES string of the molecule is Cc1cc(=O)c(C(=O)NCCNC(C)C)c[nH]1. The van der Waals surface area contributed by atoms with Gasteiger partial charge in [0.15, 0.2) is 5.43 Å². The largest absolute Gasteiger partial charge is 0.364 e. The van der Waals surface area contributed by atoms with Crippen LogP contribution in [-0.4, -0.2) is 30.0 Å². The van der Waals surface area contributed by atoms with Gasteiger partial charge in [-0.15, -0.1) is 0 Å². The van der Waals surface area contributed by atoms with Gasteiger partial charge >= 0.3 is 0 Å². The number of H-pyrrole nitrogens is 1. The average molecular weight is 237 g/mol. The van der Waals surface area contributed by atoms with Gasteiger partial charge in [-0.3, -0.25) is 9.59 Å². The highest BCUT2D eigenvalue weighted by Crippen LogP contribution is 1.91. The van der Waals surface area contributed by atoms with Crippen molar-refractivity contribution in [3.05, 3.63) is 33.7 Å². The lowest BCUT2D eigenvalue weighted by atomic mass is 10.2. The van der Waals surface area contributed by atoms with Crippen LogP contribution in [0.3, 0.4) is 0 Å². The smallest absolute Gasteiger partial charge is 0.256 e. The predicted octanol–water partition coefficient (Wildman–Crippen LogP) is 0.411. The molecule has 0 bridgehead atoms. The van der Waals surface area contributed by atoms with Crippen molar-refractivity contribution in [3.8, 4) is 0 Å². The number of amides is 1. The second kappa shape index (κ2) is 6.20. The molecule has 5 nitrogen and oxygen atoms in total. The lowest BCUT2D eigenvalue weighted by Gasteiger charge is -2.08. The van der Waals surface area contributed by atoms with Gasteiger partial charge in [0.05, 0.1) is 0 Å². The number of rotatable bonds is 5. The Hall–Kier alpha value is -1.62. The van der Waals surface area contributed by atoms with Crippen LogP contribution < -0.4 is 16.1 Å². The molecule has 0 saturated heterocycles. The van der Waals surface area contributed by atoms with E-state index in [0.29, 0.717) is 19.1 Å². The molecule has 94 valence electrons. The predicted molar refractivity (Wildman–Crippen MR) is 67.3 cm³/mol. The van der Waals surface area contributed by atoms with E-state index in [1.54, 1.807) is 6.92 Å². The Morgan fingerprint density at radius 3 is 2.71 bits per heavy atom. The van der Waals surface area contributed by atoms with Crippen molar-refractivity contribution in [2.45, 2.75) is 26.8 Å². The number of pyridine rings is 1. The topological polar surface area (TPSA) is 74.0 Å².